The number of ether oxygens (including phenoxy) is 1. The molecule has 0 radical (unpaired) electrons. The normalized spacial score (nSPS) is 11.5. The van der Waals surface area contributed by atoms with Crippen molar-refractivity contribution in [1.29, 1.82) is 0 Å². The van der Waals surface area contributed by atoms with Crippen molar-refractivity contribution >= 4 is 51.5 Å². The molecule has 0 aliphatic carbocycles. The lowest BCUT2D eigenvalue weighted by Crippen LogP contribution is -3.00. The van der Waals surface area contributed by atoms with Crippen LogP contribution in [0.15, 0.2) is 110 Å². The number of aromatic carboxylic acids is 1. The molecule has 0 spiro atoms. The van der Waals surface area contributed by atoms with E-state index in [2.05, 4.69) is 70.8 Å². The van der Waals surface area contributed by atoms with Crippen molar-refractivity contribution in [1.82, 2.24) is 44.8 Å². The minimum atomic E-state index is -0.863. The molecule has 396 valence electrons. The van der Waals surface area contributed by atoms with Gasteiger partial charge in [-0.1, -0.05) is 109 Å². The number of hydrogen-bond acceptors (Lipinski definition) is 12. The number of carbonyl (C=O) groups excluding carboxylic acids is 2. The molecule has 0 aliphatic rings. The Kier molecular flexibility index (Phi) is 19.5. The summed E-state index contributed by atoms with van der Waals surface area (Å²) < 4.78 is 9.03. The van der Waals surface area contributed by atoms with Crippen LogP contribution in [0.1, 0.15) is 118 Å². The van der Waals surface area contributed by atoms with E-state index in [1.165, 1.54) is 23.8 Å². The summed E-state index contributed by atoms with van der Waals surface area (Å²) in [4.78, 5) is 52.6. The minimum absolute atomic E-state index is 0. The van der Waals surface area contributed by atoms with Gasteiger partial charge in [-0.15, -0.1) is 0 Å². The zero-order valence-electron chi connectivity index (χ0n) is 44.7. The lowest BCUT2D eigenvalue weighted by molar-refractivity contribution is -0.386. The molecule has 4 aromatic heterocycles. The molecule has 0 fully saturated rings. The number of nitrogens with two attached hydrogens (primary N) is 2. The third kappa shape index (κ3) is 15.0. The molecule has 0 atom stereocenters. The molecule has 0 bridgehead atoms. The number of Topliss-reactive ketones (excluding diaryl/α,β-unsaturated/α-hetero) is 1. The van der Waals surface area contributed by atoms with Gasteiger partial charge in [0.05, 0.1) is 28.4 Å². The Morgan fingerprint density at radius 1 is 0.640 bits per heavy atom. The summed E-state index contributed by atoms with van der Waals surface area (Å²) in [5, 5.41) is 22.6. The number of nitrogen functional groups attached to an aromatic ring is 2. The predicted molar refractivity (Wildman–Crippen MR) is 292 cm³/mol. The second kappa shape index (κ2) is 25.1. The molecule has 75 heavy (non-hydrogen) atoms. The first kappa shape index (κ1) is 58.3. The fourth-order valence-electron chi connectivity index (χ4n) is 7.98. The highest BCUT2D eigenvalue weighted by Gasteiger charge is 2.30. The average molecular weight is 1080 g/mol. The molecule has 9 N–H and O–H groups in total. The quantitative estimate of drug-likeness (QED) is 0.0683. The maximum atomic E-state index is 13.1. The molecule has 8 rings (SSSR count). The lowest BCUT2D eigenvalue weighted by Gasteiger charge is -2.25. The molecule has 0 saturated carbocycles. The molecule has 4 aromatic carbocycles. The van der Waals surface area contributed by atoms with Gasteiger partial charge in [0.15, 0.2) is 17.1 Å². The molecule has 1 amide bonds. The first-order valence-electron chi connectivity index (χ1n) is 24.9. The Balaban J connectivity index is 0.000000246. The van der Waals surface area contributed by atoms with Crippen LogP contribution in [-0.2, 0) is 28.7 Å². The van der Waals surface area contributed by atoms with E-state index in [0.29, 0.717) is 66.1 Å². The number of amides is 1. The number of aryl methyl sites for hydroxylation is 3. The fraction of sp³-hybridized carbons (Fsp3) is 0.351. The number of anilines is 2. The highest BCUT2D eigenvalue weighted by atomic mass is 79.9. The van der Waals surface area contributed by atoms with Crippen LogP contribution in [0.3, 0.4) is 0 Å². The van der Waals surface area contributed by atoms with E-state index in [0.717, 1.165) is 57.5 Å². The highest BCUT2D eigenvalue weighted by molar-refractivity contribution is 5.99. The summed E-state index contributed by atoms with van der Waals surface area (Å²) in [7, 11) is 0. The Bertz CT molecular complexity index is 3200. The van der Waals surface area contributed by atoms with Crippen molar-refractivity contribution in [3.8, 4) is 22.5 Å². The Labute approximate surface area is 449 Å². The molecular formula is C57H71BrN12O5. The van der Waals surface area contributed by atoms with E-state index < -0.39 is 23.2 Å². The molecular weight excluding hydrogens is 1010 g/mol. The Morgan fingerprint density at radius 3 is 1.51 bits per heavy atom. The number of nitrogens with one attached hydrogen (secondary N) is 1. The predicted octanol–water partition coefficient (Wildman–Crippen LogP) is 6.55. The zero-order valence-corrected chi connectivity index (χ0v) is 46.3. The van der Waals surface area contributed by atoms with Gasteiger partial charge in [-0.25, -0.2) is 38.9 Å². The summed E-state index contributed by atoms with van der Waals surface area (Å²) >= 11 is 0. The summed E-state index contributed by atoms with van der Waals surface area (Å²) in [5.74, 6) is 0.0145. The topological polar surface area (TPSA) is 260 Å². The highest BCUT2D eigenvalue weighted by Crippen LogP contribution is 2.36. The van der Waals surface area contributed by atoms with Crippen LogP contribution in [0, 0.1) is 13.8 Å². The van der Waals surface area contributed by atoms with Gasteiger partial charge >= 0.3 is 12.1 Å². The largest absolute Gasteiger partial charge is 1.00 e. The van der Waals surface area contributed by atoms with Crippen molar-refractivity contribution < 1.29 is 46.9 Å². The molecule has 8 aromatic rings. The first-order valence-corrected chi connectivity index (χ1v) is 24.9. The SMILES string of the molecule is CCCc1ccc(C(=O)O)cc1.Cc1ccc(-c2nn(C(C)(C)CCC(=O)c3ccc(CCNC(=O)OC(C)(C)C)cc3)c3ncnc(N)c23)cc1.Cc1ccc(-c2nn(C(C)(C)C[NH3+])c3ncnc(N)c23)cc1.[Br-]. The van der Waals surface area contributed by atoms with Crippen molar-refractivity contribution in [3.63, 3.8) is 0 Å². The van der Waals surface area contributed by atoms with Crippen molar-refractivity contribution in [2.45, 2.75) is 118 Å². The molecule has 18 heteroatoms. The molecule has 0 unspecified atom stereocenters. The van der Waals surface area contributed by atoms with Gasteiger partial charge in [0.2, 0.25) is 0 Å². The number of ketones is 1. The number of nitrogens with zero attached hydrogens (tertiary/aromatic N) is 8. The van der Waals surface area contributed by atoms with E-state index in [1.54, 1.807) is 12.1 Å². The van der Waals surface area contributed by atoms with Crippen molar-refractivity contribution in [2.75, 3.05) is 24.6 Å². The number of rotatable bonds is 15. The Morgan fingerprint density at radius 2 is 1.08 bits per heavy atom. The molecule has 17 nitrogen and oxygen atoms in total. The van der Waals surface area contributed by atoms with Gasteiger partial charge in [0.25, 0.3) is 0 Å². The minimum Gasteiger partial charge on any atom is -1.00 e. The van der Waals surface area contributed by atoms with E-state index in [-0.39, 0.29) is 28.3 Å². The van der Waals surface area contributed by atoms with E-state index in [4.69, 9.17) is 31.5 Å². The maximum Gasteiger partial charge on any atom is 0.407 e. The number of carboxylic acids is 1. The monoisotopic (exact) mass is 1080 g/mol. The number of benzene rings is 4. The van der Waals surface area contributed by atoms with Crippen molar-refractivity contribution in [2.24, 2.45) is 0 Å². The summed E-state index contributed by atoms with van der Waals surface area (Å²) in [6.07, 6.45) is 6.13. The number of aromatic nitrogens is 8. The second-order valence-corrected chi connectivity index (χ2v) is 20.6. The molecule has 0 saturated heterocycles. The van der Waals surface area contributed by atoms with Gasteiger partial charge in [-0.05, 0) is 105 Å². The van der Waals surface area contributed by atoms with Crippen LogP contribution >= 0.6 is 0 Å². The van der Waals surface area contributed by atoms with Crippen molar-refractivity contribution in [3.05, 3.63) is 143 Å². The third-order valence-electron chi connectivity index (χ3n) is 12.5. The summed E-state index contributed by atoms with van der Waals surface area (Å²) in [5.41, 5.74) is 25.6. The zero-order chi connectivity index (χ0) is 54.0. The summed E-state index contributed by atoms with van der Waals surface area (Å²) in [6, 6.07) is 30.9. The van der Waals surface area contributed by atoms with Gasteiger partial charge in [0.1, 0.15) is 46.8 Å². The third-order valence-corrected chi connectivity index (χ3v) is 12.5. The Hall–Kier alpha value is -7.57. The van der Waals surface area contributed by atoms with E-state index in [1.807, 2.05) is 124 Å². The number of halogens is 1. The molecule has 4 heterocycles. The fourth-order valence-corrected chi connectivity index (χ4v) is 7.98. The second-order valence-electron chi connectivity index (χ2n) is 20.6. The smallest absolute Gasteiger partial charge is 0.407 e. The van der Waals surface area contributed by atoms with Gasteiger partial charge in [-0.2, -0.15) is 10.2 Å². The maximum absolute atomic E-state index is 13.1. The van der Waals surface area contributed by atoms with Crippen LogP contribution in [0.5, 0.6) is 0 Å². The number of fused-ring (bicyclic) bond motifs is 2. The van der Waals surface area contributed by atoms with Crippen LogP contribution in [0.25, 0.3) is 44.6 Å². The van der Waals surface area contributed by atoms with Crippen LogP contribution in [-0.4, -0.2) is 81.1 Å². The first-order chi connectivity index (χ1) is 35.0. The number of hydrogen-bond donors (Lipinski definition) is 5. The van der Waals surface area contributed by atoms with Gasteiger partial charge in [0, 0.05) is 29.7 Å². The van der Waals surface area contributed by atoms with E-state index in [9.17, 15) is 14.4 Å². The van der Waals surface area contributed by atoms with Gasteiger partial charge in [-0.3, -0.25) is 4.79 Å². The van der Waals surface area contributed by atoms with E-state index >= 15 is 0 Å². The number of alkyl carbamates (subject to hydrolysis) is 1. The summed E-state index contributed by atoms with van der Waals surface area (Å²) in [6.45, 7) is 21.1. The molecule has 0 aliphatic heterocycles. The number of carboxylic acid groups (broad SMARTS) is 1. The number of carbonyl (C=O) groups is 3. The standard InChI is InChI=1S/C31H38N6O3.C16H20N6.C10H12O2.BrH/c1-20-7-11-23(12-8-20)26-25-27(32)34-19-35-28(25)37(36-26)31(5,6)17-15-24(38)22-13-9-21(10-14-22)16-18-33-29(39)40-30(2,3)4;1-10-4-6-11(7-5-10)13-12-14(18)19-9-20-15(12)22(21-13)16(2,3)8-17;1-2-3-8-4-6-9(7-5-8)10(11)12;/h7-14,19H,15-18H2,1-6H3,(H,33,39)(H2,32,34,35);4-7,9H,8,17H2,1-3H3,(H2,18,19,20);4-7H,2-3H2,1H3,(H,11,12);1H. The number of quaternary nitrogens is 1. The van der Waals surface area contributed by atoms with Crippen LogP contribution < -0.4 is 39.5 Å². The van der Waals surface area contributed by atoms with Crippen LogP contribution in [0.4, 0.5) is 16.4 Å². The van der Waals surface area contributed by atoms with Gasteiger partial charge < -0.3 is 49.3 Å². The van der Waals surface area contributed by atoms with Crippen LogP contribution in [0.2, 0.25) is 0 Å². The lowest BCUT2D eigenvalue weighted by atomic mass is 9.94. The average Bonchev–Trinajstić information content (AvgIpc) is 3.97.